The molecule has 0 aromatic rings. The second-order valence-corrected chi connectivity index (χ2v) is 4.67. The average Bonchev–Trinajstić information content (AvgIpc) is 2.45. The van der Waals surface area contributed by atoms with Gasteiger partial charge in [0.1, 0.15) is 6.10 Å². The molecule has 0 aromatic heterocycles. The van der Waals surface area contributed by atoms with E-state index in [4.69, 9.17) is 5.11 Å². The Morgan fingerprint density at radius 2 is 1.90 bits per heavy atom. The van der Waals surface area contributed by atoms with E-state index in [1.165, 1.54) is 0 Å². The molecule has 3 heteroatoms. The molecule has 0 spiro atoms. The number of unbranched alkanes of at least 4 members (excludes halogenated alkanes) is 4. The lowest BCUT2D eigenvalue weighted by Gasteiger charge is -2.02. The summed E-state index contributed by atoms with van der Waals surface area (Å²) in [4.78, 5) is 10.3. The van der Waals surface area contributed by atoms with Crippen molar-refractivity contribution in [2.24, 2.45) is 0 Å². The largest absolute Gasteiger partial charge is 0.481 e. The maximum absolute atomic E-state index is 10.3. The molecule has 1 unspecified atom stereocenters. The fraction of sp³-hybridized carbons (Fsp3) is 0.500. The summed E-state index contributed by atoms with van der Waals surface area (Å²) in [5.41, 5.74) is 0. The molecular weight excluding hydrogens is 264 g/mol. The molecule has 0 aromatic carbocycles. The number of hydrogen-bond acceptors (Lipinski definition) is 2. The van der Waals surface area contributed by atoms with Crippen LogP contribution in [0.1, 0.15) is 51.4 Å². The Hall–Kier alpha value is -1.97. The Bertz CT molecular complexity index is 441. The van der Waals surface area contributed by atoms with E-state index in [1.807, 2.05) is 12.2 Å². The molecule has 114 valence electrons. The van der Waals surface area contributed by atoms with Gasteiger partial charge in [-0.05, 0) is 50.0 Å². The summed E-state index contributed by atoms with van der Waals surface area (Å²) in [7, 11) is 0. The molecular formula is C18H24O3. The highest BCUT2D eigenvalue weighted by Gasteiger charge is 2.00. The Labute approximate surface area is 127 Å². The van der Waals surface area contributed by atoms with Crippen LogP contribution in [0.15, 0.2) is 24.8 Å². The van der Waals surface area contributed by atoms with Gasteiger partial charge in [-0.25, -0.2) is 0 Å². The van der Waals surface area contributed by atoms with Gasteiger partial charge in [-0.15, -0.1) is 6.58 Å². The van der Waals surface area contributed by atoms with E-state index in [1.54, 1.807) is 6.08 Å². The fourth-order valence-corrected chi connectivity index (χ4v) is 1.59. The molecule has 0 aliphatic rings. The number of aliphatic hydroxyl groups is 1. The summed E-state index contributed by atoms with van der Waals surface area (Å²) < 4.78 is 0. The van der Waals surface area contributed by atoms with Crippen molar-refractivity contribution in [3.8, 4) is 23.7 Å². The Morgan fingerprint density at radius 1 is 1.14 bits per heavy atom. The maximum Gasteiger partial charge on any atom is 0.303 e. The topological polar surface area (TPSA) is 57.5 Å². The molecule has 2 N–H and O–H groups in total. The van der Waals surface area contributed by atoms with Crippen LogP contribution in [0, 0.1) is 23.7 Å². The Kier molecular flexibility index (Phi) is 13.1. The molecule has 0 aliphatic carbocycles. The summed E-state index contributed by atoms with van der Waals surface area (Å²) in [6.07, 6.45) is 11.0. The molecule has 0 amide bonds. The van der Waals surface area contributed by atoms with Crippen molar-refractivity contribution < 1.29 is 15.0 Å². The third kappa shape index (κ3) is 16.0. The quantitative estimate of drug-likeness (QED) is 0.368. The molecule has 0 aliphatic heterocycles. The molecule has 0 radical (unpaired) electrons. The summed E-state index contributed by atoms with van der Waals surface area (Å²) in [6, 6.07) is 0. The molecule has 0 saturated heterocycles. The van der Waals surface area contributed by atoms with Gasteiger partial charge in [-0.2, -0.15) is 0 Å². The minimum atomic E-state index is -0.752. The van der Waals surface area contributed by atoms with Gasteiger partial charge in [0.2, 0.25) is 0 Å². The van der Waals surface area contributed by atoms with Crippen LogP contribution in [-0.2, 0) is 4.79 Å². The Balaban J connectivity index is 3.66. The molecule has 21 heavy (non-hydrogen) atoms. The van der Waals surface area contributed by atoms with Gasteiger partial charge in [0.05, 0.1) is 0 Å². The number of carboxylic acid groups (broad SMARTS) is 1. The lowest BCUT2D eigenvalue weighted by atomic mass is 10.1. The minimum Gasteiger partial charge on any atom is -0.481 e. The molecule has 0 fully saturated rings. The van der Waals surface area contributed by atoms with Crippen LogP contribution in [0.5, 0.6) is 0 Å². The van der Waals surface area contributed by atoms with Crippen LogP contribution in [0.25, 0.3) is 0 Å². The van der Waals surface area contributed by atoms with Gasteiger partial charge in [0.25, 0.3) is 0 Å². The number of aliphatic carboxylic acids is 1. The number of carbonyl (C=O) groups is 1. The van der Waals surface area contributed by atoms with Crippen LogP contribution in [0.3, 0.4) is 0 Å². The Morgan fingerprint density at radius 3 is 2.62 bits per heavy atom. The SMILES string of the molecule is C=CCC/C=C\C#CC#CC(O)CCCCCCC(=O)O. The van der Waals surface area contributed by atoms with Crippen molar-refractivity contribution in [1.29, 1.82) is 0 Å². The van der Waals surface area contributed by atoms with E-state index in [9.17, 15) is 9.90 Å². The predicted octanol–water partition coefficient (Wildman–Crippen LogP) is 3.30. The van der Waals surface area contributed by atoms with E-state index in [0.717, 1.165) is 32.1 Å². The highest BCUT2D eigenvalue weighted by molar-refractivity contribution is 5.66. The number of aliphatic hydroxyl groups excluding tert-OH is 1. The second-order valence-electron chi connectivity index (χ2n) is 4.67. The first-order chi connectivity index (χ1) is 10.2. The van der Waals surface area contributed by atoms with Crippen LogP contribution >= 0.6 is 0 Å². The molecule has 0 rings (SSSR count). The molecule has 0 saturated carbocycles. The van der Waals surface area contributed by atoms with Crippen LogP contribution in [0.4, 0.5) is 0 Å². The zero-order valence-corrected chi connectivity index (χ0v) is 12.5. The summed E-state index contributed by atoms with van der Waals surface area (Å²) in [5, 5.41) is 18.1. The lowest BCUT2D eigenvalue weighted by Crippen LogP contribution is -2.02. The normalized spacial score (nSPS) is 11.1. The molecule has 0 bridgehead atoms. The number of rotatable bonds is 10. The third-order valence-electron chi connectivity index (χ3n) is 2.73. The molecule has 1 atom stereocenters. The van der Waals surface area contributed by atoms with Crippen LogP contribution < -0.4 is 0 Å². The van der Waals surface area contributed by atoms with Crippen molar-refractivity contribution in [1.82, 2.24) is 0 Å². The van der Waals surface area contributed by atoms with E-state index in [0.29, 0.717) is 12.8 Å². The third-order valence-corrected chi connectivity index (χ3v) is 2.73. The molecule has 0 heterocycles. The monoisotopic (exact) mass is 288 g/mol. The zero-order valence-electron chi connectivity index (χ0n) is 12.5. The van der Waals surface area contributed by atoms with Crippen molar-refractivity contribution in [2.45, 2.75) is 57.5 Å². The van der Waals surface area contributed by atoms with E-state index < -0.39 is 12.1 Å². The van der Waals surface area contributed by atoms with E-state index in [2.05, 4.69) is 30.3 Å². The summed E-state index contributed by atoms with van der Waals surface area (Å²) >= 11 is 0. The van der Waals surface area contributed by atoms with Gasteiger partial charge in [-0.3, -0.25) is 4.79 Å². The van der Waals surface area contributed by atoms with E-state index >= 15 is 0 Å². The predicted molar refractivity (Wildman–Crippen MR) is 85.5 cm³/mol. The number of carboxylic acids is 1. The van der Waals surface area contributed by atoms with Crippen molar-refractivity contribution >= 4 is 5.97 Å². The van der Waals surface area contributed by atoms with Crippen molar-refractivity contribution in [3.63, 3.8) is 0 Å². The fourth-order valence-electron chi connectivity index (χ4n) is 1.59. The first-order valence-electron chi connectivity index (χ1n) is 7.33. The smallest absolute Gasteiger partial charge is 0.303 e. The van der Waals surface area contributed by atoms with Crippen molar-refractivity contribution in [3.05, 3.63) is 24.8 Å². The van der Waals surface area contributed by atoms with E-state index in [-0.39, 0.29) is 6.42 Å². The summed E-state index contributed by atoms with van der Waals surface area (Å²) in [5.74, 6) is 10.0. The second kappa shape index (κ2) is 14.4. The maximum atomic E-state index is 10.3. The highest BCUT2D eigenvalue weighted by atomic mass is 16.4. The average molecular weight is 288 g/mol. The van der Waals surface area contributed by atoms with Gasteiger partial charge < -0.3 is 10.2 Å². The van der Waals surface area contributed by atoms with Gasteiger partial charge in [0.15, 0.2) is 0 Å². The number of allylic oxidation sites excluding steroid dienone is 3. The summed E-state index contributed by atoms with van der Waals surface area (Å²) in [6.45, 7) is 3.63. The molecule has 3 nitrogen and oxygen atoms in total. The van der Waals surface area contributed by atoms with Gasteiger partial charge in [-0.1, -0.05) is 36.8 Å². The minimum absolute atomic E-state index is 0.221. The standard InChI is InChI=1S/C18H24O3/c1-2-3-4-5-6-7-8-11-14-17(19)15-12-9-10-13-16-18(20)21/h2,5-6,17,19H,1,3-4,9-10,12-13,15-16H2,(H,20,21)/b6-5-. The number of hydrogen-bond donors (Lipinski definition) is 2. The van der Waals surface area contributed by atoms with Crippen molar-refractivity contribution in [2.75, 3.05) is 0 Å². The van der Waals surface area contributed by atoms with Gasteiger partial charge in [0, 0.05) is 6.42 Å². The highest BCUT2D eigenvalue weighted by Crippen LogP contribution is 2.07. The van der Waals surface area contributed by atoms with Crippen LogP contribution in [-0.4, -0.2) is 22.3 Å². The first-order valence-corrected chi connectivity index (χ1v) is 7.33. The van der Waals surface area contributed by atoms with Gasteiger partial charge >= 0.3 is 5.97 Å². The van der Waals surface area contributed by atoms with Crippen LogP contribution in [0.2, 0.25) is 0 Å². The zero-order chi connectivity index (χ0) is 15.8. The lowest BCUT2D eigenvalue weighted by molar-refractivity contribution is -0.137. The first kappa shape index (κ1) is 19.0.